The lowest BCUT2D eigenvalue weighted by Crippen LogP contribution is -2.46. The number of rotatable bonds is 9. The molecule has 0 saturated heterocycles. The largest absolute Gasteiger partial charge is 0.481 e. The van der Waals surface area contributed by atoms with E-state index in [1.807, 2.05) is 31.2 Å². The van der Waals surface area contributed by atoms with Crippen molar-refractivity contribution in [3.8, 4) is 11.1 Å². The molecule has 0 aromatic heterocycles. The third-order valence-corrected chi connectivity index (χ3v) is 7.29. The molecule has 1 fully saturated rings. The van der Waals surface area contributed by atoms with Crippen LogP contribution in [0.15, 0.2) is 48.5 Å². The Labute approximate surface area is 206 Å². The second kappa shape index (κ2) is 11.4. The third kappa shape index (κ3) is 5.84. The highest BCUT2D eigenvalue weighted by atomic mass is 16.5. The van der Waals surface area contributed by atoms with Gasteiger partial charge >= 0.3 is 12.1 Å². The van der Waals surface area contributed by atoms with Gasteiger partial charge in [-0.05, 0) is 47.9 Å². The fourth-order valence-electron chi connectivity index (χ4n) is 5.30. The number of carboxylic acids is 1. The minimum absolute atomic E-state index is 0.0197. The molecule has 1 unspecified atom stereocenters. The fourth-order valence-corrected chi connectivity index (χ4v) is 5.30. The highest BCUT2D eigenvalue weighted by molar-refractivity contribution is 5.80. The van der Waals surface area contributed by atoms with E-state index in [4.69, 9.17) is 4.74 Å². The van der Waals surface area contributed by atoms with Crippen molar-refractivity contribution in [2.24, 2.45) is 11.8 Å². The maximum Gasteiger partial charge on any atom is 0.407 e. The van der Waals surface area contributed by atoms with E-state index in [1.165, 1.54) is 22.3 Å². The summed E-state index contributed by atoms with van der Waals surface area (Å²) in [4.78, 5) is 36.3. The Kier molecular flexibility index (Phi) is 8.06. The maximum absolute atomic E-state index is 12.5. The Hall–Kier alpha value is -3.35. The number of hydrogen-bond acceptors (Lipinski definition) is 4. The lowest BCUT2D eigenvalue weighted by atomic mass is 9.84. The van der Waals surface area contributed by atoms with Gasteiger partial charge in [-0.25, -0.2) is 4.79 Å². The van der Waals surface area contributed by atoms with Gasteiger partial charge in [0.2, 0.25) is 5.91 Å². The van der Waals surface area contributed by atoms with E-state index in [0.29, 0.717) is 32.2 Å². The molecule has 3 N–H and O–H groups in total. The van der Waals surface area contributed by atoms with Gasteiger partial charge in [-0.2, -0.15) is 0 Å². The number of hydrogen-bond donors (Lipinski definition) is 3. The summed E-state index contributed by atoms with van der Waals surface area (Å²) >= 11 is 0. The Morgan fingerprint density at radius 2 is 1.63 bits per heavy atom. The van der Waals surface area contributed by atoms with Crippen molar-refractivity contribution in [3.05, 3.63) is 59.7 Å². The minimum atomic E-state index is -0.838. The monoisotopic (exact) mass is 478 g/mol. The van der Waals surface area contributed by atoms with Gasteiger partial charge in [0, 0.05) is 24.4 Å². The molecule has 0 heterocycles. The number of ether oxygens (including phenoxy) is 1. The second-order valence-electron chi connectivity index (χ2n) is 9.64. The van der Waals surface area contributed by atoms with Crippen LogP contribution in [0.1, 0.15) is 62.5 Å². The predicted octanol–water partition coefficient (Wildman–Crippen LogP) is 4.70. The zero-order valence-electron chi connectivity index (χ0n) is 20.2. The van der Waals surface area contributed by atoms with E-state index in [1.54, 1.807) is 0 Å². The van der Waals surface area contributed by atoms with Crippen molar-refractivity contribution in [2.75, 3.05) is 13.2 Å². The molecule has 2 aliphatic carbocycles. The summed E-state index contributed by atoms with van der Waals surface area (Å²) in [6.45, 7) is 2.52. The number of carboxylic acid groups (broad SMARTS) is 1. The standard InChI is InChI=1S/C28H34N2O5/c1-18(26(31)30-25-15-7-6-14-23(25)27(32)33)9-8-16-29-28(34)35-17-24-21-12-4-2-10-19(21)20-11-3-5-13-22(20)24/h2-5,10-13,18,23-25H,6-9,14-17H2,1H3,(H,29,34)(H,30,31)(H,32,33)/t18?,23-,25+/m1/s1. The molecule has 0 spiro atoms. The summed E-state index contributed by atoms with van der Waals surface area (Å²) in [6.07, 6.45) is 3.91. The molecule has 2 aliphatic rings. The van der Waals surface area contributed by atoms with E-state index in [9.17, 15) is 19.5 Å². The number of amides is 2. The third-order valence-electron chi connectivity index (χ3n) is 7.29. The molecule has 186 valence electrons. The van der Waals surface area contributed by atoms with E-state index in [2.05, 4.69) is 34.9 Å². The Bertz CT molecular complexity index is 1020. The summed E-state index contributed by atoms with van der Waals surface area (Å²) < 4.78 is 5.54. The molecular formula is C28H34N2O5. The van der Waals surface area contributed by atoms with Crippen molar-refractivity contribution in [1.82, 2.24) is 10.6 Å². The summed E-state index contributed by atoms with van der Waals surface area (Å²) in [5.41, 5.74) is 4.72. The first kappa shape index (κ1) is 24.8. The highest BCUT2D eigenvalue weighted by Gasteiger charge is 2.32. The number of carbonyl (C=O) groups is 3. The molecule has 35 heavy (non-hydrogen) atoms. The first-order valence-corrected chi connectivity index (χ1v) is 12.6. The van der Waals surface area contributed by atoms with Crippen LogP contribution >= 0.6 is 0 Å². The molecule has 2 aromatic rings. The molecule has 2 aromatic carbocycles. The molecule has 0 aliphatic heterocycles. The molecule has 1 saturated carbocycles. The van der Waals surface area contributed by atoms with Gasteiger partial charge in [0.25, 0.3) is 0 Å². The average molecular weight is 479 g/mol. The number of fused-ring (bicyclic) bond motifs is 3. The van der Waals surface area contributed by atoms with Crippen LogP contribution in [0.3, 0.4) is 0 Å². The number of alkyl carbamates (subject to hydrolysis) is 1. The van der Waals surface area contributed by atoms with Crippen LogP contribution in [-0.4, -0.2) is 42.3 Å². The SMILES string of the molecule is CC(CCCNC(=O)OCC1c2ccccc2-c2ccccc21)C(=O)N[C@H]1CCCC[C@H]1C(=O)O. The van der Waals surface area contributed by atoms with Gasteiger partial charge in [0.05, 0.1) is 5.92 Å². The van der Waals surface area contributed by atoms with E-state index in [0.717, 1.165) is 12.8 Å². The quantitative estimate of drug-likeness (QED) is 0.453. The molecule has 7 nitrogen and oxygen atoms in total. The molecule has 0 radical (unpaired) electrons. The number of benzene rings is 2. The second-order valence-corrected chi connectivity index (χ2v) is 9.64. The smallest absolute Gasteiger partial charge is 0.407 e. The van der Waals surface area contributed by atoms with Crippen LogP contribution in [0.5, 0.6) is 0 Å². The van der Waals surface area contributed by atoms with Crippen LogP contribution < -0.4 is 10.6 Å². The predicted molar refractivity (Wildman–Crippen MR) is 133 cm³/mol. The summed E-state index contributed by atoms with van der Waals surface area (Å²) in [5.74, 6) is -1.70. The Morgan fingerprint density at radius 3 is 2.29 bits per heavy atom. The van der Waals surface area contributed by atoms with Gasteiger partial charge in [0.15, 0.2) is 0 Å². The first-order valence-electron chi connectivity index (χ1n) is 12.6. The zero-order chi connectivity index (χ0) is 24.8. The van der Waals surface area contributed by atoms with E-state index < -0.39 is 18.0 Å². The van der Waals surface area contributed by atoms with Gasteiger partial charge in [0.1, 0.15) is 6.61 Å². The van der Waals surface area contributed by atoms with Crippen molar-refractivity contribution < 1.29 is 24.2 Å². The van der Waals surface area contributed by atoms with Gasteiger partial charge in [-0.3, -0.25) is 9.59 Å². The topological polar surface area (TPSA) is 105 Å². The normalized spacial score (nSPS) is 19.8. The summed E-state index contributed by atoms with van der Waals surface area (Å²) in [5, 5.41) is 15.1. The van der Waals surface area contributed by atoms with Crippen LogP contribution in [0, 0.1) is 11.8 Å². The van der Waals surface area contributed by atoms with Crippen molar-refractivity contribution in [3.63, 3.8) is 0 Å². The number of nitrogens with one attached hydrogen (secondary N) is 2. The zero-order valence-corrected chi connectivity index (χ0v) is 20.2. The van der Waals surface area contributed by atoms with Crippen molar-refractivity contribution in [1.29, 1.82) is 0 Å². The minimum Gasteiger partial charge on any atom is -0.481 e. The van der Waals surface area contributed by atoms with Crippen molar-refractivity contribution in [2.45, 2.75) is 57.4 Å². The summed E-state index contributed by atoms with van der Waals surface area (Å²) in [7, 11) is 0. The van der Waals surface area contributed by atoms with Gasteiger partial charge in [-0.1, -0.05) is 68.3 Å². The molecule has 3 atom stereocenters. The molecule has 2 amide bonds. The molecule has 4 rings (SSSR count). The molecular weight excluding hydrogens is 444 g/mol. The highest BCUT2D eigenvalue weighted by Crippen LogP contribution is 2.44. The molecule has 0 bridgehead atoms. The summed E-state index contributed by atoms with van der Waals surface area (Å²) in [6, 6.07) is 16.1. The van der Waals surface area contributed by atoms with Crippen LogP contribution in [0.4, 0.5) is 4.79 Å². The van der Waals surface area contributed by atoms with Crippen LogP contribution in [0.2, 0.25) is 0 Å². The van der Waals surface area contributed by atoms with Gasteiger partial charge in [-0.15, -0.1) is 0 Å². The number of carbonyl (C=O) groups excluding carboxylic acids is 2. The first-order chi connectivity index (χ1) is 17.0. The number of aliphatic carboxylic acids is 1. The van der Waals surface area contributed by atoms with E-state index >= 15 is 0 Å². The van der Waals surface area contributed by atoms with Crippen molar-refractivity contribution >= 4 is 18.0 Å². The fraction of sp³-hybridized carbons (Fsp3) is 0.464. The average Bonchev–Trinajstić information content (AvgIpc) is 3.19. The van der Waals surface area contributed by atoms with Crippen LogP contribution in [0.25, 0.3) is 11.1 Å². The Morgan fingerprint density at radius 1 is 1.00 bits per heavy atom. The molecule has 7 heteroatoms. The Balaban J connectivity index is 1.18. The maximum atomic E-state index is 12.5. The van der Waals surface area contributed by atoms with E-state index in [-0.39, 0.29) is 30.4 Å². The lowest BCUT2D eigenvalue weighted by molar-refractivity contribution is -0.144. The lowest BCUT2D eigenvalue weighted by Gasteiger charge is -2.30. The van der Waals surface area contributed by atoms with Gasteiger partial charge < -0.3 is 20.5 Å². The van der Waals surface area contributed by atoms with Crippen LogP contribution in [-0.2, 0) is 14.3 Å².